The van der Waals surface area contributed by atoms with Gasteiger partial charge in [0, 0.05) is 0 Å². The van der Waals surface area contributed by atoms with E-state index in [9.17, 15) is 4.79 Å². The topological polar surface area (TPSA) is 145 Å². The van der Waals surface area contributed by atoms with Crippen LogP contribution in [0.2, 0.25) is 0 Å². The predicted molar refractivity (Wildman–Crippen MR) is 31.8 cm³/mol. The van der Waals surface area contributed by atoms with Crippen LogP contribution < -0.4 is 23.5 Å². The van der Waals surface area contributed by atoms with Gasteiger partial charge in [0.25, 0.3) is 0 Å². The number of hydroxylamine groups is 1. The van der Waals surface area contributed by atoms with E-state index in [1.54, 1.807) is 0 Å². The number of nitrogens with one attached hydrogen (secondary N) is 1. The molecule has 10 N–H and O–H groups in total. The molecule has 0 fully saturated rings. The Kier molecular flexibility index (Phi) is 52.5. The maximum Gasteiger partial charge on any atom is 0.335 e. The van der Waals surface area contributed by atoms with Crippen molar-refractivity contribution in [2.24, 2.45) is 5.73 Å². The van der Waals surface area contributed by atoms with E-state index in [2.05, 4.69) is 5.73 Å². The minimum absolute atomic E-state index is 0. The molecule has 0 saturated carbocycles. The summed E-state index contributed by atoms with van der Waals surface area (Å²) in [7, 11) is 0. The van der Waals surface area contributed by atoms with Crippen molar-refractivity contribution in [2.45, 2.75) is 0 Å². The van der Waals surface area contributed by atoms with Gasteiger partial charge in [0.15, 0.2) is 0 Å². The van der Waals surface area contributed by atoms with Gasteiger partial charge in [-0.25, -0.2) is 10.3 Å². The molecular formula is CH11ClN4O2. The van der Waals surface area contributed by atoms with Gasteiger partial charge < -0.3 is 18.0 Å². The molecule has 2 amide bonds. The summed E-state index contributed by atoms with van der Waals surface area (Å²) in [6.07, 6.45) is 0. The Balaban J connectivity index is -0.0000000267. The van der Waals surface area contributed by atoms with Crippen molar-refractivity contribution < 1.29 is 10.0 Å². The molecule has 0 atom stereocenters. The highest BCUT2D eigenvalue weighted by Gasteiger charge is 1.75. The Labute approximate surface area is 53.0 Å². The van der Waals surface area contributed by atoms with E-state index in [4.69, 9.17) is 5.21 Å². The van der Waals surface area contributed by atoms with Crippen LogP contribution in [0.5, 0.6) is 0 Å². The first-order chi connectivity index (χ1) is 2.27. The number of nitrogens with two attached hydrogens (primary N) is 1. The number of hydrogen-bond acceptors (Lipinski definition) is 4. The van der Waals surface area contributed by atoms with Gasteiger partial charge in [0.1, 0.15) is 0 Å². The van der Waals surface area contributed by atoms with Crippen LogP contribution in [0, 0.1) is 0 Å². The predicted octanol–water partition coefficient (Wildman–Crippen LogP) is -0.210. The lowest BCUT2D eigenvalue weighted by molar-refractivity contribution is 0.169. The van der Waals surface area contributed by atoms with Crippen molar-refractivity contribution in [1.29, 1.82) is 0 Å². The molecule has 6 nitrogen and oxygen atoms in total. The van der Waals surface area contributed by atoms with Crippen LogP contribution in [0.3, 0.4) is 0 Å². The second-order valence-electron chi connectivity index (χ2n) is 0.476. The van der Waals surface area contributed by atoms with Crippen LogP contribution in [-0.2, 0) is 0 Å². The van der Waals surface area contributed by atoms with Gasteiger partial charge in [0.05, 0.1) is 0 Å². The summed E-state index contributed by atoms with van der Waals surface area (Å²) in [5.41, 5.74) is 5.46. The third-order valence-electron chi connectivity index (χ3n) is 0.110. The molecule has 0 aliphatic heterocycles. The summed E-state index contributed by atoms with van der Waals surface area (Å²) in [6.45, 7) is 0. The average Bonchev–Trinajstić information content (AvgIpc) is 1.38. The van der Waals surface area contributed by atoms with E-state index in [0.29, 0.717) is 0 Å². The average molecular weight is 147 g/mol. The minimum atomic E-state index is -0.940. The molecule has 0 unspecified atom stereocenters. The highest BCUT2D eigenvalue weighted by molar-refractivity contribution is 5.85. The van der Waals surface area contributed by atoms with Crippen molar-refractivity contribution in [3.8, 4) is 0 Å². The van der Waals surface area contributed by atoms with Crippen LogP contribution in [0.25, 0.3) is 0 Å². The Morgan fingerprint density at radius 2 is 1.62 bits per heavy atom. The monoisotopic (exact) mass is 146 g/mol. The molecule has 54 valence electrons. The lowest BCUT2D eigenvalue weighted by Gasteiger charge is -1.79. The maximum absolute atomic E-state index is 9.23. The Bertz CT molecular complexity index is 49.3. The van der Waals surface area contributed by atoms with E-state index >= 15 is 0 Å². The first-order valence-electron chi connectivity index (χ1n) is 0.966. The zero-order valence-electron chi connectivity index (χ0n) is 4.26. The summed E-state index contributed by atoms with van der Waals surface area (Å²) in [6, 6.07) is -0.940. The lowest BCUT2D eigenvalue weighted by atomic mass is 11.2. The van der Waals surface area contributed by atoms with Crippen LogP contribution in [0.1, 0.15) is 0 Å². The number of carbonyl (C=O) groups excluding carboxylic acids is 1. The maximum atomic E-state index is 9.23. The zero-order valence-corrected chi connectivity index (χ0v) is 5.07. The van der Waals surface area contributed by atoms with Crippen LogP contribution in [0.15, 0.2) is 0 Å². The summed E-state index contributed by atoms with van der Waals surface area (Å²) < 4.78 is 0. The Morgan fingerprint density at radius 3 is 1.62 bits per heavy atom. The fraction of sp³-hybridized carbons (Fsp3) is 0. The molecule has 0 heterocycles. The molecule has 0 aromatic heterocycles. The zero-order chi connectivity index (χ0) is 4.28. The van der Waals surface area contributed by atoms with Crippen molar-refractivity contribution >= 4 is 18.4 Å². The lowest BCUT2D eigenvalue weighted by Crippen LogP contribution is -2.25. The smallest absolute Gasteiger partial charge is 0.335 e. The first-order valence-corrected chi connectivity index (χ1v) is 0.966. The van der Waals surface area contributed by atoms with Crippen molar-refractivity contribution in [2.75, 3.05) is 0 Å². The van der Waals surface area contributed by atoms with E-state index in [1.165, 1.54) is 5.48 Å². The van der Waals surface area contributed by atoms with Crippen molar-refractivity contribution in [1.82, 2.24) is 17.8 Å². The number of halogens is 1. The van der Waals surface area contributed by atoms with Crippen molar-refractivity contribution in [3.05, 3.63) is 0 Å². The molecule has 7 heteroatoms. The Morgan fingerprint density at radius 1 is 1.50 bits per heavy atom. The largest absolute Gasteiger partial charge is 0.350 e. The molecule has 0 radical (unpaired) electrons. The first kappa shape index (κ1) is 26.1. The third kappa shape index (κ3) is 51.7. The second-order valence-corrected chi connectivity index (χ2v) is 0.476. The fourth-order valence-corrected chi connectivity index (χ4v) is 0. The fourth-order valence-electron chi connectivity index (χ4n) is 0. The number of primary amides is 1. The highest BCUT2D eigenvalue weighted by atomic mass is 35.5. The standard InChI is InChI=1S/CH4N2O2.ClH.2H3N/c2-1(4)3-5;;;/h5H,(H3,2,3,4);1H;2*1H3. The van der Waals surface area contributed by atoms with E-state index in [0.717, 1.165) is 0 Å². The quantitative estimate of drug-likeness (QED) is 0.238. The molecular weight excluding hydrogens is 135 g/mol. The molecule has 0 aromatic rings. The summed E-state index contributed by atoms with van der Waals surface area (Å²) in [5.74, 6) is 0. The number of hydrogen-bond donors (Lipinski definition) is 5. The number of urea groups is 1. The second kappa shape index (κ2) is 16.1. The third-order valence-corrected chi connectivity index (χ3v) is 0.110. The SMILES string of the molecule is Cl.N.N.NC(=O)NO. The van der Waals surface area contributed by atoms with Gasteiger partial charge in [-0.05, 0) is 0 Å². The minimum Gasteiger partial charge on any atom is -0.350 e. The van der Waals surface area contributed by atoms with Gasteiger partial charge in [-0.3, -0.25) is 5.21 Å². The molecule has 0 aromatic carbocycles. The van der Waals surface area contributed by atoms with Crippen LogP contribution >= 0.6 is 12.4 Å². The van der Waals surface area contributed by atoms with Gasteiger partial charge in [-0.1, -0.05) is 0 Å². The van der Waals surface area contributed by atoms with E-state index in [-0.39, 0.29) is 24.7 Å². The molecule has 0 aliphatic rings. The van der Waals surface area contributed by atoms with Gasteiger partial charge >= 0.3 is 6.03 Å². The summed E-state index contributed by atoms with van der Waals surface area (Å²) in [5, 5.41) is 7.42. The molecule has 8 heavy (non-hydrogen) atoms. The van der Waals surface area contributed by atoms with Crippen LogP contribution in [0.4, 0.5) is 4.79 Å². The molecule has 0 rings (SSSR count). The number of rotatable bonds is 0. The van der Waals surface area contributed by atoms with Crippen molar-refractivity contribution in [3.63, 3.8) is 0 Å². The van der Waals surface area contributed by atoms with E-state index < -0.39 is 6.03 Å². The van der Waals surface area contributed by atoms with Gasteiger partial charge in [0.2, 0.25) is 0 Å². The molecule has 0 bridgehead atoms. The normalized spacial score (nSPS) is 4.12. The molecule has 0 spiro atoms. The Hall–Kier alpha value is -0.560. The summed E-state index contributed by atoms with van der Waals surface area (Å²) in [4.78, 5) is 9.23. The van der Waals surface area contributed by atoms with E-state index in [1.807, 2.05) is 0 Å². The number of carbonyl (C=O) groups is 1. The van der Waals surface area contributed by atoms with Gasteiger partial charge in [-0.2, -0.15) is 0 Å². The summed E-state index contributed by atoms with van der Waals surface area (Å²) >= 11 is 0. The molecule has 0 aliphatic carbocycles. The van der Waals surface area contributed by atoms with Gasteiger partial charge in [-0.15, -0.1) is 12.4 Å². The highest BCUT2D eigenvalue weighted by Crippen LogP contribution is 1.38. The van der Waals surface area contributed by atoms with Crippen LogP contribution in [-0.4, -0.2) is 11.2 Å². The number of amides is 2. The molecule has 0 saturated heterocycles.